The summed E-state index contributed by atoms with van der Waals surface area (Å²) < 4.78 is 92.9. The summed E-state index contributed by atoms with van der Waals surface area (Å²) >= 11 is 6.02. The Morgan fingerprint density at radius 3 is 2.53 bits per heavy atom. The molecular weight excluding hydrogens is 505 g/mol. The maximum absolute atomic E-state index is 13.3. The lowest BCUT2D eigenvalue weighted by molar-refractivity contribution is -0.137. The van der Waals surface area contributed by atoms with E-state index in [2.05, 4.69) is 15.3 Å². The van der Waals surface area contributed by atoms with E-state index in [9.17, 15) is 30.4 Å². The highest BCUT2D eigenvalue weighted by Crippen LogP contribution is 2.43. The number of nitrogens with two attached hydrogens (primary N) is 1. The standard InChI is InChI=1S/C20H21ClF5N5O2S/c1-10(11-4-12(20(24,25)26)6-13(27)5-11)28-17-15-9-31(3-2-16(15)29-18(21)30-17)34(32,33)14-7-19(22,23)8-14/h4-6,10,14H,2-3,7-9,27H2,1H3,(H,28,29,30)/t10-/m1/s1. The van der Waals surface area contributed by atoms with E-state index in [-0.39, 0.29) is 41.9 Å². The molecule has 2 heterocycles. The van der Waals surface area contributed by atoms with Gasteiger partial charge < -0.3 is 11.1 Å². The zero-order valence-corrected chi connectivity index (χ0v) is 19.4. The van der Waals surface area contributed by atoms with E-state index in [1.807, 2.05) is 0 Å². The van der Waals surface area contributed by atoms with E-state index in [0.29, 0.717) is 11.3 Å². The third kappa shape index (κ3) is 4.91. The molecule has 14 heteroatoms. The number of hydrogen-bond donors (Lipinski definition) is 2. The molecule has 34 heavy (non-hydrogen) atoms. The number of fused-ring (bicyclic) bond motifs is 1. The minimum Gasteiger partial charge on any atom is -0.399 e. The van der Waals surface area contributed by atoms with Crippen LogP contribution in [0.15, 0.2) is 18.2 Å². The van der Waals surface area contributed by atoms with Crippen LogP contribution < -0.4 is 11.1 Å². The smallest absolute Gasteiger partial charge is 0.399 e. The van der Waals surface area contributed by atoms with Gasteiger partial charge in [0.05, 0.1) is 22.5 Å². The lowest BCUT2D eigenvalue weighted by Gasteiger charge is -2.39. The van der Waals surface area contributed by atoms with Crippen LogP contribution in [0.25, 0.3) is 0 Å². The molecule has 2 aromatic rings. The number of nitrogens with zero attached hydrogens (tertiary/aromatic N) is 3. The number of alkyl halides is 5. The molecule has 1 atom stereocenters. The molecule has 1 aromatic carbocycles. The van der Waals surface area contributed by atoms with E-state index in [1.165, 1.54) is 6.07 Å². The van der Waals surface area contributed by atoms with Gasteiger partial charge in [0.2, 0.25) is 15.3 Å². The maximum Gasteiger partial charge on any atom is 0.416 e. The van der Waals surface area contributed by atoms with Crippen molar-refractivity contribution in [3.63, 3.8) is 0 Å². The topological polar surface area (TPSA) is 101 Å². The Kier molecular flexibility index (Phi) is 6.18. The molecule has 186 valence electrons. The average Bonchev–Trinajstić information content (AvgIpc) is 2.70. The summed E-state index contributed by atoms with van der Waals surface area (Å²) in [7, 11) is -3.98. The van der Waals surface area contributed by atoms with Gasteiger partial charge in [-0.25, -0.2) is 27.2 Å². The normalized spacial score (nSPS) is 19.9. The molecule has 2 aliphatic rings. The van der Waals surface area contributed by atoms with Gasteiger partial charge in [0.1, 0.15) is 5.82 Å². The van der Waals surface area contributed by atoms with Crippen molar-refractivity contribution in [1.82, 2.24) is 14.3 Å². The van der Waals surface area contributed by atoms with Crippen LogP contribution in [-0.2, 0) is 29.2 Å². The molecule has 4 rings (SSSR count). The van der Waals surface area contributed by atoms with Crippen LogP contribution in [0.4, 0.5) is 33.5 Å². The summed E-state index contributed by atoms with van der Waals surface area (Å²) in [6.07, 6.45) is -5.86. The van der Waals surface area contributed by atoms with Gasteiger partial charge in [-0.2, -0.15) is 17.5 Å². The Balaban J connectivity index is 1.61. The van der Waals surface area contributed by atoms with Gasteiger partial charge in [0.15, 0.2) is 0 Å². The number of nitrogens with one attached hydrogen (secondary N) is 1. The minimum absolute atomic E-state index is 0.0455. The second-order valence-electron chi connectivity index (χ2n) is 8.53. The largest absolute Gasteiger partial charge is 0.416 e. The first kappa shape index (κ1) is 24.9. The third-order valence-electron chi connectivity index (χ3n) is 5.99. The predicted octanol–water partition coefficient (Wildman–Crippen LogP) is 4.39. The van der Waals surface area contributed by atoms with Gasteiger partial charge in [-0.15, -0.1) is 0 Å². The van der Waals surface area contributed by atoms with Crippen LogP contribution in [0.5, 0.6) is 0 Å². The van der Waals surface area contributed by atoms with Crippen LogP contribution in [0, 0.1) is 0 Å². The lowest BCUT2D eigenvalue weighted by Crippen LogP contribution is -2.51. The number of hydrogen-bond acceptors (Lipinski definition) is 6. The van der Waals surface area contributed by atoms with Crippen LogP contribution in [0.2, 0.25) is 5.28 Å². The van der Waals surface area contributed by atoms with E-state index in [1.54, 1.807) is 6.92 Å². The van der Waals surface area contributed by atoms with Crippen molar-refractivity contribution in [2.75, 3.05) is 17.6 Å². The summed E-state index contributed by atoms with van der Waals surface area (Å²) in [5, 5.41) is 1.69. The Morgan fingerprint density at radius 1 is 1.24 bits per heavy atom. The Bertz CT molecular complexity index is 1220. The van der Waals surface area contributed by atoms with Gasteiger partial charge in [-0.1, -0.05) is 0 Å². The van der Waals surface area contributed by atoms with E-state index in [4.69, 9.17) is 17.3 Å². The van der Waals surface area contributed by atoms with Crippen molar-refractivity contribution < 1.29 is 30.4 Å². The van der Waals surface area contributed by atoms with Gasteiger partial charge in [0.25, 0.3) is 5.92 Å². The SMILES string of the molecule is C[C@@H](Nc1nc(Cl)nc2c1CN(S(=O)(=O)C1CC(F)(F)C1)CC2)c1cc(N)cc(C(F)(F)F)c1. The van der Waals surface area contributed by atoms with Crippen LogP contribution in [-0.4, -0.2) is 40.4 Å². The fourth-order valence-corrected chi connectivity index (χ4v) is 6.27. The van der Waals surface area contributed by atoms with E-state index in [0.717, 1.165) is 16.4 Å². The van der Waals surface area contributed by atoms with E-state index >= 15 is 0 Å². The van der Waals surface area contributed by atoms with Gasteiger partial charge in [0, 0.05) is 43.6 Å². The fourth-order valence-electron chi connectivity index (χ4n) is 4.10. The molecule has 0 bridgehead atoms. The second kappa shape index (κ2) is 8.45. The fraction of sp³-hybridized carbons (Fsp3) is 0.500. The summed E-state index contributed by atoms with van der Waals surface area (Å²) in [5.41, 5.74) is 5.76. The highest BCUT2D eigenvalue weighted by molar-refractivity contribution is 7.89. The molecular formula is C20H21ClF5N5O2S. The number of nitrogen functional groups attached to an aromatic ring is 1. The number of halogens is 6. The number of anilines is 2. The van der Waals surface area contributed by atoms with Crippen molar-refractivity contribution in [1.29, 1.82) is 0 Å². The van der Waals surface area contributed by atoms with Crippen molar-refractivity contribution >= 4 is 33.1 Å². The third-order valence-corrected chi connectivity index (χ3v) is 8.37. The number of aromatic nitrogens is 2. The summed E-state index contributed by atoms with van der Waals surface area (Å²) in [6.45, 7) is 1.46. The zero-order chi connectivity index (χ0) is 25.1. The Morgan fingerprint density at radius 2 is 1.91 bits per heavy atom. The lowest BCUT2D eigenvalue weighted by atomic mass is 9.94. The average molecular weight is 526 g/mol. The summed E-state index contributed by atoms with van der Waals surface area (Å²) in [6, 6.07) is 2.45. The molecule has 0 radical (unpaired) electrons. The van der Waals surface area contributed by atoms with Crippen molar-refractivity contribution in [2.24, 2.45) is 0 Å². The first-order valence-electron chi connectivity index (χ1n) is 10.3. The zero-order valence-electron chi connectivity index (χ0n) is 17.8. The molecule has 3 N–H and O–H groups in total. The predicted molar refractivity (Wildman–Crippen MR) is 116 cm³/mol. The molecule has 1 aromatic heterocycles. The molecule has 1 fully saturated rings. The first-order valence-corrected chi connectivity index (χ1v) is 12.2. The quantitative estimate of drug-likeness (QED) is 0.341. The number of benzene rings is 1. The van der Waals surface area contributed by atoms with Crippen molar-refractivity contribution in [3.8, 4) is 0 Å². The minimum atomic E-state index is -4.59. The molecule has 1 aliphatic carbocycles. The molecule has 0 spiro atoms. The van der Waals surface area contributed by atoms with Crippen molar-refractivity contribution in [3.05, 3.63) is 45.9 Å². The Hall–Kier alpha value is -2.25. The molecule has 7 nitrogen and oxygen atoms in total. The molecule has 0 unspecified atom stereocenters. The number of rotatable bonds is 5. The monoisotopic (exact) mass is 525 g/mol. The first-order chi connectivity index (χ1) is 15.7. The van der Waals surface area contributed by atoms with Crippen LogP contribution >= 0.6 is 11.6 Å². The molecule has 1 saturated carbocycles. The van der Waals surface area contributed by atoms with Crippen LogP contribution in [0.3, 0.4) is 0 Å². The maximum atomic E-state index is 13.3. The van der Waals surface area contributed by atoms with Gasteiger partial charge in [-0.05, 0) is 42.3 Å². The summed E-state index contributed by atoms with van der Waals surface area (Å²) in [5.74, 6) is -2.84. The Labute approximate surface area is 197 Å². The number of sulfonamides is 1. The van der Waals surface area contributed by atoms with Gasteiger partial charge in [-0.3, -0.25) is 0 Å². The molecule has 1 aliphatic heterocycles. The van der Waals surface area contributed by atoms with Crippen molar-refractivity contribution in [2.45, 2.75) is 56.1 Å². The molecule has 0 amide bonds. The van der Waals surface area contributed by atoms with E-state index < -0.39 is 51.8 Å². The second-order valence-corrected chi connectivity index (χ2v) is 11.1. The molecule has 0 saturated heterocycles. The highest BCUT2D eigenvalue weighted by atomic mass is 35.5. The van der Waals surface area contributed by atoms with Gasteiger partial charge >= 0.3 is 6.18 Å². The summed E-state index contributed by atoms with van der Waals surface area (Å²) in [4.78, 5) is 8.25. The van der Waals surface area contributed by atoms with Crippen LogP contribution in [0.1, 0.15) is 48.2 Å². The highest BCUT2D eigenvalue weighted by Gasteiger charge is 2.53.